The molecule has 1 aliphatic rings. The van der Waals surface area contributed by atoms with Crippen molar-refractivity contribution in [2.24, 2.45) is 0 Å². The predicted octanol–water partition coefficient (Wildman–Crippen LogP) is 3.58. The molecular formula is C17H19NO3S2. The van der Waals surface area contributed by atoms with Crippen LogP contribution in [0, 0.1) is 0 Å². The van der Waals surface area contributed by atoms with Gasteiger partial charge in [0.05, 0.1) is 20.0 Å². The first-order valence-electron chi connectivity index (χ1n) is 7.37. The minimum atomic E-state index is 0.0199. The molecule has 1 unspecified atom stereocenters. The molecular weight excluding hydrogens is 330 g/mol. The fraction of sp³-hybridized carbons (Fsp3) is 0.353. The Labute approximate surface area is 144 Å². The van der Waals surface area contributed by atoms with Gasteiger partial charge in [0.1, 0.15) is 16.9 Å². The molecule has 6 heteroatoms. The van der Waals surface area contributed by atoms with Crippen LogP contribution in [0.15, 0.2) is 35.7 Å². The van der Waals surface area contributed by atoms with Gasteiger partial charge in [-0.1, -0.05) is 6.07 Å². The molecule has 122 valence electrons. The molecule has 0 saturated carbocycles. The maximum atomic E-state index is 12.3. The number of carbonyl (C=O) groups is 1. The third-order valence-corrected chi connectivity index (χ3v) is 6.00. The molecule has 0 radical (unpaired) electrons. The lowest BCUT2D eigenvalue weighted by molar-refractivity contribution is -0.128. The number of hydrogen-bond donors (Lipinski definition) is 0. The van der Waals surface area contributed by atoms with Crippen molar-refractivity contribution in [1.29, 1.82) is 0 Å². The lowest BCUT2D eigenvalue weighted by Gasteiger charge is -2.24. The number of thiophene rings is 1. The summed E-state index contributed by atoms with van der Waals surface area (Å²) in [6.07, 6.45) is 0.890. The summed E-state index contributed by atoms with van der Waals surface area (Å²) in [5.74, 6) is 2.21. The Kier molecular flexibility index (Phi) is 5.13. The molecule has 0 bridgehead atoms. The molecule has 2 heterocycles. The Morgan fingerprint density at radius 3 is 2.57 bits per heavy atom. The van der Waals surface area contributed by atoms with Crippen molar-refractivity contribution < 1.29 is 14.3 Å². The van der Waals surface area contributed by atoms with E-state index in [1.54, 1.807) is 37.3 Å². The highest BCUT2D eigenvalue weighted by atomic mass is 32.2. The predicted molar refractivity (Wildman–Crippen MR) is 94.5 cm³/mol. The van der Waals surface area contributed by atoms with Gasteiger partial charge in [-0.05, 0) is 35.6 Å². The SMILES string of the molecule is COc1cc(OC)cc(C2SCC(=O)N2CCc2cccs2)c1. The minimum absolute atomic E-state index is 0.0199. The Morgan fingerprint density at radius 2 is 1.96 bits per heavy atom. The van der Waals surface area contributed by atoms with Crippen LogP contribution < -0.4 is 9.47 Å². The summed E-state index contributed by atoms with van der Waals surface area (Å²) in [4.78, 5) is 15.5. The van der Waals surface area contributed by atoms with E-state index in [1.807, 2.05) is 29.2 Å². The maximum absolute atomic E-state index is 12.3. The van der Waals surface area contributed by atoms with Crippen LogP contribution >= 0.6 is 23.1 Å². The zero-order valence-electron chi connectivity index (χ0n) is 13.2. The van der Waals surface area contributed by atoms with Crippen LogP contribution in [0.3, 0.4) is 0 Å². The summed E-state index contributed by atoms with van der Waals surface area (Å²) >= 11 is 3.39. The van der Waals surface area contributed by atoms with Crippen molar-refractivity contribution in [2.45, 2.75) is 11.8 Å². The number of ether oxygens (including phenoxy) is 2. The third kappa shape index (κ3) is 3.64. The van der Waals surface area contributed by atoms with Crippen molar-refractivity contribution >= 4 is 29.0 Å². The van der Waals surface area contributed by atoms with Crippen molar-refractivity contribution in [3.8, 4) is 11.5 Å². The van der Waals surface area contributed by atoms with Gasteiger partial charge in [-0.2, -0.15) is 0 Å². The Bertz CT molecular complexity index is 650. The van der Waals surface area contributed by atoms with Gasteiger partial charge in [-0.3, -0.25) is 4.79 Å². The van der Waals surface area contributed by atoms with Crippen molar-refractivity contribution in [3.63, 3.8) is 0 Å². The van der Waals surface area contributed by atoms with E-state index >= 15 is 0 Å². The summed E-state index contributed by atoms with van der Waals surface area (Å²) in [7, 11) is 3.28. The first-order chi connectivity index (χ1) is 11.2. The fourth-order valence-corrected chi connectivity index (χ4v) is 4.53. The Balaban J connectivity index is 1.81. The fourth-order valence-electron chi connectivity index (χ4n) is 2.63. The average molecular weight is 349 g/mol. The second-order valence-electron chi connectivity index (χ2n) is 5.23. The number of rotatable bonds is 6. The van der Waals surface area contributed by atoms with Crippen LogP contribution in [0.2, 0.25) is 0 Å². The number of nitrogens with zero attached hydrogens (tertiary/aromatic N) is 1. The van der Waals surface area contributed by atoms with Crippen LogP contribution in [0.25, 0.3) is 0 Å². The van der Waals surface area contributed by atoms with Crippen LogP contribution in [-0.2, 0) is 11.2 Å². The van der Waals surface area contributed by atoms with E-state index in [9.17, 15) is 4.79 Å². The molecule has 3 rings (SSSR count). The number of hydrogen-bond acceptors (Lipinski definition) is 5. The second-order valence-corrected chi connectivity index (χ2v) is 7.33. The molecule has 0 aliphatic carbocycles. The summed E-state index contributed by atoms with van der Waals surface area (Å²) in [6, 6.07) is 9.97. The highest BCUT2D eigenvalue weighted by Gasteiger charge is 2.33. The highest BCUT2D eigenvalue weighted by Crippen LogP contribution is 2.41. The standard InChI is InChI=1S/C17H19NO3S2/c1-20-13-8-12(9-14(10-13)21-2)17-18(16(19)11-23-17)6-5-15-4-3-7-22-15/h3-4,7-10,17H,5-6,11H2,1-2H3. The number of thioether (sulfide) groups is 1. The monoisotopic (exact) mass is 349 g/mol. The number of amides is 1. The molecule has 1 aliphatic heterocycles. The third-order valence-electron chi connectivity index (χ3n) is 3.81. The smallest absolute Gasteiger partial charge is 0.233 e. The minimum Gasteiger partial charge on any atom is -0.497 e. The van der Waals surface area contributed by atoms with Crippen LogP contribution in [0.1, 0.15) is 15.8 Å². The summed E-state index contributed by atoms with van der Waals surface area (Å²) < 4.78 is 10.7. The highest BCUT2D eigenvalue weighted by molar-refractivity contribution is 8.00. The van der Waals surface area contributed by atoms with E-state index in [1.165, 1.54) is 4.88 Å². The molecule has 2 aromatic rings. The molecule has 1 saturated heterocycles. The quantitative estimate of drug-likeness (QED) is 0.799. The van der Waals surface area contributed by atoms with E-state index in [-0.39, 0.29) is 11.3 Å². The zero-order valence-corrected chi connectivity index (χ0v) is 14.8. The van der Waals surface area contributed by atoms with Gasteiger partial charge in [0.2, 0.25) is 5.91 Å². The van der Waals surface area contributed by atoms with E-state index < -0.39 is 0 Å². The topological polar surface area (TPSA) is 38.8 Å². The number of carbonyl (C=O) groups excluding carboxylic acids is 1. The van der Waals surface area contributed by atoms with Gasteiger partial charge < -0.3 is 14.4 Å². The largest absolute Gasteiger partial charge is 0.497 e. The summed E-state index contributed by atoms with van der Waals surface area (Å²) in [6.45, 7) is 0.733. The molecule has 23 heavy (non-hydrogen) atoms. The number of benzene rings is 1. The normalized spacial score (nSPS) is 17.6. The lowest BCUT2D eigenvalue weighted by Crippen LogP contribution is -2.30. The molecule has 1 aromatic heterocycles. The van der Waals surface area contributed by atoms with Crippen molar-refractivity contribution in [2.75, 3.05) is 26.5 Å². The molecule has 1 fully saturated rings. The van der Waals surface area contributed by atoms with Gasteiger partial charge in [0.15, 0.2) is 0 Å². The van der Waals surface area contributed by atoms with E-state index in [0.717, 1.165) is 30.0 Å². The van der Waals surface area contributed by atoms with Gasteiger partial charge in [0, 0.05) is 17.5 Å². The van der Waals surface area contributed by atoms with Crippen molar-refractivity contribution in [1.82, 2.24) is 4.90 Å². The first kappa shape index (κ1) is 16.2. The van der Waals surface area contributed by atoms with E-state index in [2.05, 4.69) is 11.4 Å². The molecule has 1 amide bonds. The molecule has 0 spiro atoms. The number of methoxy groups -OCH3 is 2. The zero-order chi connectivity index (χ0) is 16.2. The van der Waals surface area contributed by atoms with E-state index in [4.69, 9.17) is 9.47 Å². The molecule has 1 atom stereocenters. The van der Waals surface area contributed by atoms with Crippen molar-refractivity contribution in [3.05, 3.63) is 46.2 Å². The van der Waals surface area contributed by atoms with Gasteiger partial charge in [-0.25, -0.2) is 0 Å². The lowest BCUT2D eigenvalue weighted by atomic mass is 10.1. The van der Waals surface area contributed by atoms with Crippen LogP contribution in [-0.4, -0.2) is 37.3 Å². The maximum Gasteiger partial charge on any atom is 0.233 e. The van der Waals surface area contributed by atoms with Gasteiger partial charge >= 0.3 is 0 Å². The summed E-state index contributed by atoms with van der Waals surface area (Å²) in [5.41, 5.74) is 1.04. The van der Waals surface area contributed by atoms with Crippen LogP contribution in [0.4, 0.5) is 0 Å². The Hall–Kier alpha value is -1.66. The first-order valence-corrected chi connectivity index (χ1v) is 9.30. The average Bonchev–Trinajstić information content (AvgIpc) is 3.22. The molecule has 1 aromatic carbocycles. The Morgan fingerprint density at radius 1 is 1.22 bits per heavy atom. The van der Waals surface area contributed by atoms with Gasteiger partial charge in [-0.15, -0.1) is 23.1 Å². The molecule has 4 nitrogen and oxygen atoms in total. The second kappa shape index (κ2) is 7.27. The summed E-state index contributed by atoms with van der Waals surface area (Å²) in [5, 5.41) is 2.09. The van der Waals surface area contributed by atoms with E-state index in [0.29, 0.717) is 5.75 Å². The van der Waals surface area contributed by atoms with Crippen LogP contribution in [0.5, 0.6) is 11.5 Å². The molecule has 0 N–H and O–H groups in total. The van der Waals surface area contributed by atoms with Gasteiger partial charge in [0.25, 0.3) is 0 Å².